The van der Waals surface area contributed by atoms with Crippen LogP contribution in [0.2, 0.25) is 0 Å². The van der Waals surface area contributed by atoms with Crippen molar-refractivity contribution in [3.05, 3.63) is 28.2 Å². The molecule has 4 heteroatoms. The molecule has 0 bridgehead atoms. The van der Waals surface area contributed by atoms with Gasteiger partial charge in [0.2, 0.25) is 0 Å². The maximum Gasteiger partial charge on any atom is 0.101 e. The van der Waals surface area contributed by atoms with E-state index in [0.717, 1.165) is 36.1 Å². The summed E-state index contributed by atoms with van der Waals surface area (Å²) in [6.45, 7) is 2.00. The molecule has 0 unspecified atom stereocenters. The van der Waals surface area contributed by atoms with Gasteiger partial charge in [-0.25, -0.2) is 0 Å². The zero-order chi connectivity index (χ0) is 12.7. The Balaban J connectivity index is 2.41. The predicted octanol–water partition coefficient (Wildman–Crippen LogP) is 3.07. The minimum Gasteiger partial charge on any atom is -0.384 e. The van der Waals surface area contributed by atoms with E-state index in [1.165, 1.54) is 0 Å². The molecule has 0 radical (unpaired) electrons. The third kappa shape index (κ3) is 5.20. The fourth-order valence-electron chi connectivity index (χ4n) is 1.54. The maximum atomic E-state index is 8.97. The average Bonchev–Trinajstić information content (AvgIpc) is 2.28. The quantitative estimate of drug-likeness (QED) is 0.820. The van der Waals surface area contributed by atoms with E-state index in [-0.39, 0.29) is 0 Å². The normalized spacial score (nSPS) is 10.3. The number of nitrogens with zero attached hydrogens (tertiary/aromatic N) is 2. The Morgan fingerprint density at radius 3 is 2.76 bits per heavy atom. The topological polar surface area (TPSA) is 39.1 Å². The van der Waals surface area contributed by atoms with E-state index in [9.17, 15) is 0 Å². The minimum absolute atomic E-state index is 0.695. The summed E-state index contributed by atoms with van der Waals surface area (Å²) in [4.78, 5) is 2.18. The molecule has 0 aliphatic rings. The summed E-state index contributed by atoms with van der Waals surface area (Å²) in [5.41, 5.74) is 1.60. The predicted molar refractivity (Wildman–Crippen MR) is 75.1 cm³/mol. The molecule has 0 saturated heterocycles. The van der Waals surface area contributed by atoms with Crippen LogP contribution in [0, 0.1) is 11.3 Å². The summed E-state index contributed by atoms with van der Waals surface area (Å²) < 4.78 is 0.993. The van der Waals surface area contributed by atoms with Gasteiger partial charge in [0.05, 0.1) is 11.3 Å². The van der Waals surface area contributed by atoms with Crippen LogP contribution in [0.15, 0.2) is 22.7 Å². The molecule has 0 atom stereocenters. The van der Waals surface area contributed by atoms with Gasteiger partial charge in [-0.15, -0.1) is 0 Å². The van der Waals surface area contributed by atoms with Gasteiger partial charge in [0, 0.05) is 11.0 Å². The number of nitriles is 1. The Morgan fingerprint density at radius 1 is 1.35 bits per heavy atom. The Bertz CT molecular complexity index is 396. The van der Waals surface area contributed by atoms with Crippen LogP contribution in [-0.4, -0.2) is 32.1 Å². The van der Waals surface area contributed by atoms with Gasteiger partial charge in [0.25, 0.3) is 0 Å². The van der Waals surface area contributed by atoms with Gasteiger partial charge in [-0.2, -0.15) is 5.26 Å². The van der Waals surface area contributed by atoms with Gasteiger partial charge < -0.3 is 10.2 Å². The minimum atomic E-state index is 0.695. The summed E-state index contributed by atoms with van der Waals surface area (Å²) in [5, 5.41) is 12.3. The number of unbranched alkanes of at least 4 members (excludes halogenated alkanes) is 1. The van der Waals surface area contributed by atoms with Gasteiger partial charge in [0.15, 0.2) is 0 Å². The number of halogens is 1. The Labute approximate surface area is 112 Å². The lowest BCUT2D eigenvalue weighted by molar-refractivity contribution is 0.396. The van der Waals surface area contributed by atoms with Gasteiger partial charge >= 0.3 is 0 Å². The first-order chi connectivity index (χ1) is 8.13. The number of hydrogen-bond donors (Lipinski definition) is 1. The van der Waals surface area contributed by atoms with E-state index in [1.807, 2.05) is 18.2 Å². The molecular formula is C13H18BrN3. The highest BCUT2D eigenvalue weighted by Gasteiger charge is 2.01. The maximum absolute atomic E-state index is 8.97. The summed E-state index contributed by atoms with van der Waals surface area (Å²) >= 11 is 3.41. The first-order valence-corrected chi connectivity index (χ1v) is 6.51. The van der Waals surface area contributed by atoms with Crippen molar-refractivity contribution in [2.75, 3.05) is 32.5 Å². The largest absolute Gasteiger partial charge is 0.384 e. The lowest BCUT2D eigenvalue weighted by Gasteiger charge is -2.11. The molecule has 0 aromatic heterocycles. The molecule has 0 aliphatic carbocycles. The van der Waals surface area contributed by atoms with Gasteiger partial charge in [-0.1, -0.05) is 15.9 Å². The molecule has 0 amide bonds. The van der Waals surface area contributed by atoms with E-state index < -0.39 is 0 Å². The van der Waals surface area contributed by atoms with Crippen molar-refractivity contribution >= 4 is 21.6 Å². The number of rotatable bonds is 6. The highest BCUT2D eigenvalue weighted by molar-refractivity contribution is 9.10. The van der Waals surface area contributed by atoms with Crippen LogP contribution in [0.3, 0.4) is 0 Å². The molecule has 0 heterocycles. The second-order valence-electron chi connectivity index (χ2n) is 4.24. The lowest BCUT2D eigenvalue weighted by Crippen LogP contribution is -2.14. The van der Waals surface area contributed by atoms with Crippen molar-refractivity contribution < 1.29 is 0 Å². The van der Waals surface area contributed by atoms with Gasteiger partial charge in [-0.05, 0) is 51.7 Å². The van der Waals surface area contributed by atoms with Crippen molar-refractivity contribution in [1.82, 2.24) is 4.90 Å². The molecule has 1 rings (SSSR count). The number of nitrogens with one attached hydrogen (secondary N) is 1. The van der Waals surface area contributed by atoms with Crippen LogP contribution in [0.25, 0.3) is 0 Å². The average molecular weight is 296 g/mol. The second-order valence-corrected chi connectivity index (χ2v) is 5.15. The molecule has 1 aromatic rings. The number of benzene rings is 1. The Morgan fingerprint density at radius 2 is 2.12 bits per heavy atom. The molecule has 17 heavy (non-hydrogen) atoms. The number of hydrogen-bond acceptors (Lipinski definition) is 3. The van der Waals surface area contributed by atoms with Crippen LogP contribution in [0.5, 0.6) is 0 Å². The highest BCUT2D eigenvalue weighted by Crippen LogP contribution is 2.20. The standard InChI is InChI=1S/C13H18BrN3/c1-17(2)8-4-3-7-16-13-9-12(14)6-5-11(13)10-15/h5-6,9,16H,3-4,7-8H2,1-2H3. The van der Waals surface area contributed by atoms with Crippen LogP contribution < -0.4 is 5.32 Å². The van der Waals surface area contributed by atoms with Crippen LogP contribution >= 0.6 is 15.9 Å². The third-order valence-electron chi connectivity index (χ3n) is 2.45. The van der Waals surface area contributed by atoms with E-state index in [4.69, 9.17) is 5.26 Å². The van der Waals surface area contributed by atoms with Crippen molar-refractivity contribution in [3.8, 4) is 6.07 Å². The molecule has 1 aromatic carbocycles. The first kappa shape index (κ1) is 14.0. The van der Waals surface area contributed by atoms with Crippen molar-refractivity contribution in [1.29, 1.82) is 5.26 Å². The molecule has 0 fully saturated rings. The zero-order valence-electron chi connectivity index (χ0n) is 10.3. The Kier molecular flexibility index (Phi) is 6.03. The zero-order valence-corrected chi connectivity index (χ0v) is 11.9. The fraction of sp³-hybridized carbons (Fsp3) is 0.462. The van der Waals surface area contributed by atoms with Crippen molar-refractivity contribution in [2.24, 2.45) is 0 Å². The highest BCUT2D eigenvalue weighted by atomic mass is 79.9. The van der Waals surface area contributed by atoms with Crippen molar-refractivity contribution in [3.63, 3.8) is 0 Å². The molecule has 0 spiro atoms. The molecular weight excluding hydrogens is 278 g/mol. The first-order valence-electron chi connectivity index (χ1n) is 5.71. The van der Waals surface area contributed by atoms with E-state index in [1.54, 1.807) is 0 Å². The smallest absolute Gasteiger partial charge is 0.101 e. The van der Waals surface area contributed by atoms with Crippen LogP contribution in [0.1, 0.15) is 18.4 Å². The van der Waals surface area contributed by atoms with Gasteiger partial charge in [0.1, 0.15) is 6.07 Å². The SMILES string of the molecule is CN(C)CCCCNc1cc(Br)ccc1C#N. The Hall–Kier alpha value is -1.05. The van der Waals surface area contributed by atoms with E-state index >= 15 is 0 Å². The second kappa shape index (κ2) is 7.31. The van der Waals surface area contributed by atoms with Gasteiger partial charge in [-0.3, -0.25) is 0 Å². The molecule has 1 N–H and O–H groups in total. The molecule has 0 aliphatic heterocycles. The van der Waals surface area contributed by atoms with E-state index in [0.29, 0.717) is 5.56 Å². The molecule has 3 nitrogen and oxygen atoms in total. The summed E-state index contributed by atoms with van der Waals surface area (Å²) in [6.07, 6.45) is 2.27. The van der Waals surface area contributed by atoms with Crippen LogP contribution in [0.4, 0.5) is 5.69 Å². The van der Waals surface area contributed by atoms with Crippen LogP contribution in [-0.2, 0) is 0 Å². The third-order valence-corrected chi connectivity index (χ3v) is 2.94. The van der Waals surface area contributed by atoms with E-state index in [2.05, 4.69) is 46.3 Å². The monoisotopic (exact) mass is 295 g/mol. The lowest BCUT2D eigenvalue weighted by atomic mass is 10.2. The van der Waals surface area contributed by atoms with Crippen molar-refractivity contribution in [2.45, 2.75) is 12.8 Å². The fourth-order valence-corrected chi connectivity index (χ4v) is 1.90. The number of anilines is 1. The molecule has 92 valence electrons. The summed E-state index contributed by atoms with van der Waals surface area (Å²) in [5.74, 6) is 0. The summed E-state index contributed by atoms with van der Waals surface area (Å²) in [6, 6.07) is 7.85. The molecule has 0 saturated carbocycles. The summed E-state index contributed by atoms with van der Waals surface area (Å²) in [7, 11) is 4.16.